The summed E-state index contributed by atoms with van der Waals surface area (Å²) in [6.07, 6.45) is 5.59. The highest BCUT2D eigenvalue weighted by atomic mass is 35.5. The molecule has 0 spiro atoms. The number of rotatable bonds is 5. The zero-order valence-corrected chi connectivity index (χ0v) is 10.4. The average molecular weight is 218 g/mol. The second kappa shape index (κ2) is 6.68. The van der Waals surface area contributed by atoms with Crippen LogP contribution in [0.4, 0.5) is 0 Å². The molecular weight excluding hydrogens is 194 g/mol. The number of hydrogen-bond donors (Lipinski definition) is 0. The lowest BCUT2D eigenvalue weighted by Crippen LogP contribution is -2.36. The van der Waals surface area contributed by atoms with E-state index in [-0.39, 0.29) is 0 Å². The SMILES string of the molecule is CCCC1CCN(CC(C)CCl)CC1. The lowest BCUT2D eigenvalue weighted by molar-refractivity contribution is 0.163. The van der Waals surface area contributed by atoms with E-state index in [0.717, 1.165) is 11.8 Å². The van der Waals surface area contributed by atoms with Crippen LogP contribution < -0.4 is 0 Å². The Kier molecular flexibility index (Phi) is 5.88. The Morgan fingerprint density at radius 1 is 1.36 bits per heavy atom. The number of hydrogen-bond acceptors (Lipinski definition) is 1. The maximum Gasteiger partial charge on any atom is 0.0261 e. The monoisotopic (exact) mass is 217 g/mol. The van der Waals surface area contributed by atoms with Gasteiger partial charge in [0.25, 0.3) is 0 Å². The van der Waals surface area contributed by atoms with E-state index >= 15 is 0 Å². The Morgan fingerprint density at radius 3 is 2.50 bits per heavy atom. The predicted molar refractivity (Wildman–Crippen MR) is 64.0 cm³/mol. The molecule has 1 aliphatic heterocycles. The van der Waals surface area contributed by atoms with Gasteiger partial charge in [0, 0.05) is 12.4 Å². The molecule has 1 fully saturated rings. The molecule has 0 N–H and O–H groups in total. The molecule has 2 heteroatoms. The summed E-state index contributed by atoms with van der Waals surface area (Å²) >= 11 is 5.82. The lowest BCUT2D eigenvalue weighted by Gasteiger charge is -2.33. The van der Waals surface area contributed by atoms with Crippen LogP contribution in [0.1, 0.15) is 39.5 Å². The second-order valence-corrected chi connectivity index (χ2v) is 5.10. The minimum atomic E-state index is 0.652. The maximum atomic E-state index is 5.82. The van der Waals surface area contributed by atoms with Crippen LogP contribution >= 0.6 is 11.6 Å². The zero-order chi connectivity index (χ0) is 10.4. The molecule has 84 valence electrons. The summed E-state index contributed by atoms with van der Waals surface area (Å²) in [6, 6.07) is 0. The van der Waals surface area contributed by atoms with Gasteiger partial charge in [-0.2, -0.15) is 0 Å². The van der Waals surface area contributed by atoms with Crippen molar-refractivity contribution in [2.75, 3.05) is 25.5 Å². The van der Waals surface area contributed by atoms with Gasteiger partial charge in [0.1, 0.15) is 0 Å². The fourth-order valence-corrected chi connectivity index (χ4v) is 2.45. The molecule has 0 aliphatic carbocycles. The van der Waals surface area contributed by atoms with Crippen LogP contribution in [0.25, 0.3) is 0 Å². The van der Waals surface area contributed by atoms with Gasteiger partial charge < -0.3 is 4.90 Å². The van der Waals surface area contributed by atoms with Crippen LogP contribution in [-0.2, 0) is 0 Å². The Balaban J connectivity index is 2.15. The first-order valence-corrected chi connectivity index (χ1v) is 6.58. The molecule has 1 unspecified atom stereocenters. The molecule has 0 bridgehead atoms. The number of halogens is 1. The highest BCUT2D eigenvalue weighted by Crippen LogP contribution is 2.22. The number of likely N-dealkylation sites (tertiary alicyclic amines) is 1. The standard InChI is InChI=1S/C12H24ClN/c1-3-4-12-5-7-14(8-6-12)10-11(2)9-13/h11-12H,3-10H2,1-2H3. The molecule has 14 heavy (non-hydrogen) atoms. The van der Waals surface area contributed by atoms with Gasteiger partial charge in [0.2, 0.25) is 0 Å². The minimum absolute atomic E-state index is 0.652. The van der Waals surface area contributed by atoms with Gasteiger partial charge in [-0.1, -0.05) is 26.7 Å². The van der Waals surface area contributed by atoms with E-state index in [9.17, 15) is 0 Å². The van der Waals surface area contributed by atoms with Gasteiger partial charge in [-0.25, -0.2) is 0 Å². The molecule has 1 saturated heterocycles. The number of nitrogens with zero attached hydrogens (tertiary/aromatic N) is 1. The molecule has 0 amide bonds. The summed E-state index contributed by atoms with van der Waals surface area (Å²) < 4.78 is 0. The topological polar surface area (TPSA) is 3.24 Å². The van der Waals surface area contributed by atoms with E-state index in [1.165, 1.54) is 45.3 Å². The van der Waals surface area contributed by atoms with Crippen LogP contribution in [0, 0.1) is 11.8 Å². The molecular formula is C12H24ClN. The first-order chi connectivity index (χ1) is 6.76. The largest absolute Gasteiger partial charge is 0.303 e. The van der Waals surface area contributed by atoms with E-state index in [1.807, 2.05) is 0 Å². The predicted octanol–water partition coefficient (Wildman–Crippen LogP) is 3.37. The van der Waals surface area contributed by atoms with Gasteiger partial charge in [0.05, 0.1) is 0 Å². The van der Waals surface area contributed by atoms with Gasteiger partial charge in [-0.3, -0.25) is 0 Å². The van der Waals surface area contributed by atoms with Gasteiger partial charge in [-0.15, -0.1) is 11.6 Å². The quantitative estimate of drug-likeness (QED) is 0.639. The van der Waals surface area contributed by atoms with Crippen LogP contribution in [0.3, 0.4) is 0 Å². The van der Waals surface area contributed by atoms with E-state index in [0.29, 0.717) is 5.92 Å². The molecule has 0 aromatic rings. The van der Waals surface area contributed by atoms with Crippen molar-refractivity contribution in [1.29, 1.82) is 0 Å². The minimum Gasteiger partial charge on any atom is -0.303 e. The summed E-state index contributed by atoms with van der Waals surface area (Å²) in [5, 5.41) is 0. The van der Waals surface area contributed by atoms with Crippen molar-refractivity contribution in [3.05, 3.63) is 0 Å². The summed E-state index contributed by atoms with van der Waals surface area (Å²) in [4.78, 5) is 2.58. The molecule has 0 aromatic carbocycles. The zero-order valence-electron chi connectivity index (χ0n) is 9.64. The second-order valence-electron chi connectivity index (χ2n) is 4.79. The third-order valence-corrected chi connectivity index (χ3v) is 3.76. The molecule has 0 aromatic heterocycles. The van der Waals surface area contributed by atoms with E-state index in [1.54, 1.807) is 0 Å². The third-order valence-electron chi connectivity index (χ3n) is 3.24. The first kappa shape index (κ1) is 12.3. The third kappa shape index (κ3) is 4.18. The van der Waals surface area contributed by atoms with E-state index in [2.05, 4.69) is 18.7 Å². The van der Waals surface area contributed by atoms with Crippen LogP contribution in [0.2, 0.25) is 0 Å². The normalized spacial score (nSPS) is 22.5. The van der Waals surface area contributed by atoms with Gasteiger partial charge in [-0.05, 0) is 37.8 Å². The van der Waals surface area contributed by atoms with Crippen molar-refractivity contribution in [3.8, 4) is 0 Å². The van der Waals surface area contributed by atoms with Gasteiger partial charge >= 0.3 is 0 Å². The fourth-order valence-electron chi connectivity index (χ4n) is 2.36. The van der Waals surface area contributed by atoms with E-state index < -0.39 is 0 Å². The van der Waals surface area contributed by atoms with Crippen molar-refractivity contribution in [3.63, 3.8) is 0 Å². The van der Waals surface area contributed by atoms with Crippen LogP contribution in [-0.4, -0.2) is 30.4 Å². The fraction of sp³-hybridized carbons (Fsp3) is 1.00. The molecule has 1 aliphatic rings. The highest BCUT2D eigenvalue weighted by Gasteiger charge is 2.19. The van der Waals surface area contributed by atoms with Crippen molar-refractivity contribution in [1.82, 2.24) is 4.90 Å². The van der Waals surface area contributed by atoms with Crippen molar-refractivity contribution < 1.29 is 0 Å². The Morgan fingerprint density at radius 2 is 2.00 bits per heavy atom. The van der Waals surface area contributed by atoms with E-state index in [4.69, 9.17) is 11.6 Å². The summed E-state index contributed by atoms with van der Waals surface area (Å²) in [5.74, 6) is 2.46. The van der Waals surface area contributed by atoms with Crippen molar-refractivity contribution in [2.24, 2.45) is 11.8 Å². The summed E-state index contributed by atoms with van der Waals surface area (Å²) in [7, 11) is 0. The van der Waals surface area contributed by atoms with Crippen molar-refractivity contribution >= 4 is 11.6 Å². The molecule has 0 saturated carbocycles. The molecule has 1 nitrogen and oxygen atoms in total. The number of alkyl halides is 1. The van der Waals surface area contributed by atoms with Gasteiger partial charge in [0.15, 0.2) is 0 Å². The van der Waals surface area contributed by atoms with Crippen LogP contribution in [0.5, 0.6) is 0 Å². The molecule has 1 heterocycles. The Hall–Kier alpha value is 0.250. The molecule has 1 rings (SSSR count). The molecule has 1 atom stereocenters. The Bertz CT molecular complexity index is 141. The smallest absolute Gasteiger partial charge is 0.0261 e. The molecule has 0 radical (unpaired) electrons. The maximum absolute atomic E-state index is 5.82. The average Bonchev–Trinajstić information content (AvgIpc) is 2.21. The highest BCUT2D eigenvalue weighted by molar-refractivity contribution is 6.18. The first-order valence-electron chi connectivity index (χ1n) is 6.04. The summed E-state index contributed by atoms with van der Waals surface area (Å²) in [5.41, 5.74) is 0. The lowest BCUT2D eigenvalue weighted by atomic mass is 9.92. The van der Waals surface area contributed by atoms with Crippen LogP contribution in [0.15, 0.2) is 0 Å². The summed E-state index contributed by atoms with van der Waals surface area (Å²) in [6.45, 7) is 8.33. The number of piperidine rings is 1. The van der Waals surface area contributed by atoms with Crippen molar-refractivity contribution in [2.45, 2.75) is 39.5 Å². The Labute approximate surface area is 93.8 Å².